The number of likely N-dealkylation sites (tertiary alicyclic amines) is 1. The number of ether oxygens (including phenoxy) is 1. The van der Waals surface area contributed by atoms with Gasteiger partial charge in [0.1, 0.15) is 17.7 Å². The van der Waals surface area contributed by atoms with E-state index in [1.54, 1.807) is 20.8 Å². The molecule has 0 spiro atoms. The highest BCUT2D eigenvalue weighted by Gasteiger charge is 2.45. The molecule has 1 aliphatic heterocycles. The fourth-order valence-corrected chi connectivity index (χ4v) is 3.11. The molecule has 0 aromatic heterocycles. The van der Waals surface area contributed by atoms with Crippen molar-refractivity contribution in [3.8, 4) is 0 Å². The Morgan fingerprint density at radius 2 is 1.76 bits per heavy atom. The van der Waals surface area contributed by atoms with Gasteiger partial charge >= 0.3 is 12.1 Å². The van der Waals surface area contributed by atoms with E-state index >= 15 is 0 Å². The molecule has 1 heterocycles. The number of carbonyl (C=O) groups excluding carboxylic acids is 2. The van der Waals surface area contributed by atoms with Crippen molar-refractivity contribution in [2.24, 2.45) is 11.3 Å². The molecule has 144 valence electrons. The van der Waals surface area contributed by atoms with Crippen LogP contribution in [0.4, 0.5) is 4.79 Å². The molecule has 1 aliphatic rings. The second kappa shape index (κ2) is 7.62. The van der Waals surface area contributed by atoms with Gasteiger partial charge in [-0.15, -0.1) is 0 Å². The molecule has 3 atom stereocenters. The SMILES string of the molecule is CC[C@@H]1CCN(C(=O)[C@@H](NC(=O)OC(C)(C)C)C(C)(C)C)[C@@H]1C(=O)O. The number of amides is 2. The Morgan fingerprint density at radius 3 is 2.16 bits per heavy atom. The third-order valence-electron chi connectivity index (χ3n) is 4.36. The van der Waals surface area contributed by atoms with E-state index in [0.717, 1.165) is 0 Å². The monoisotopic (exact) mass is 356 g/mol. The number of aliphatic carboxylic acids is 1. The zero-order chi connectivity index (χ0) is 19.6. The first-order chi connectivity index (χ1) is 11.3. The van der Waals surface area contributed by atoms with Crippen molar-refractivity contribution >= 4 is 18.0 Å². The van der Waals surface area contributed by atoms with E-state index in [0.29, 0.717) is 19.4 Å². The third kappa shape index (κ3) is 5.61. The lowest BCUT2D eigenvalue weighted by Gasteiger charge is -2.35. The second-order valence-electron chi connectivity index (χ2n) is 8.72. The smallest absolute Gasteiger partial charge is 0.408 e. The molecule has 0 aromatic carbocycles. The average molecular weight is 356 g/mol. The van der Waals surface area contributed by atoms with Gasteiger partial charge in [-0.2, -0.15) is 0 Å². The predicted molar refractivity (Wildman–Crippen MR) is 94.1 cm³/mol. The molecule has 1 fully saturated rings. The van der Waals surface area contributed by atoms with E-state index in [2.05, 4.69) is 5.32 Å². The van der Waals surface area contributed by atoms with Crippen LogP contribution >= 0.6 is 0 Å². The summed E-state index contributed by atoms with van der Waals surface area (Å²) in [6, 6.07) is -1.71. The molecule has 0 aromatic rings. The minimum atomic E-state index is -0.998. The van der Waals surface area contributed by atoms with Crippen molar-refractivity contribution in [3.63, 3.8) is 0 Å². The summed E-state index contributed by atoms with van der Waals surface area (Å²) >= 11 is 0. The van der Waals surface area contributed by atoms with Crippen molar-refractivity contribution in [2.45, 2.75) is 79.0 Å². The Kier molecular flexibility index (Phi) is 6.48. The molecule has 0 radical (unpaired) electrons. The quantitative estimate of drug-likeness (QED) is 0.807. The van der Waals surface area contributed by atoms with Gasteiger partial charge in [-0.05, 0) is 38.5 Å². The highest BCUT2D eigenvalue weighted by molar-refractivity contribution is 5.90. The number of nitrogens with zero attached hydrogens (tertiary/aromatic N) is 1. The number of alkyl carbamates (subject to hydrolysis) is 1. The minimum Gasteiger partial charge on any atom is -0.480 e. The van der Waals surface area contributed by atoms with E-state index in [1.165, 1.54) is 4.90 Å². The summed E-state index contributed by atoms with van der Waals surface area (Å²) < 4.78 is 5.26. The van der Waals surface area contributed by atoms with E-state index in [4.69, 9.17) is 4.74 Å². The standard InChI is InChI=1S/C18H32N2O5/c1-8-11-9-10-20(12(11)15(22)23)14(21)13(17(2,3)4)19-16(24)25-18(5,6)7/h11-13H,8-10H2,1-7H3,(H,19,24)(H,22,23)/t11-,12+,13-/m1/s1. The summed E-state index contributed by atoms with van der Waals surface area (Å²) in [5.74, 6) is -1.44. The van der Waals surface area contributed by atoms with Crippen LogP contribution < -0.4 is 5.32 Å². The lowest BCUT2D eigenvalue weighted by atomic mass is 9.85. The largest absolute Gasteiger partial charge is 0.480 e. The Morgan fingerprint density at radius 1 is 1.20 bits per heavy atom. The number of nitrogens with one attached hydrogen (secondary N) is 1. The molecule has 2 N–H and O–H groups in total. The van der Waals surface area contributed by atoms with Crippen LogP contribution in [0.2, 0.25) is 0 Å². The lowest BCUT2D eigenvalue weighted by molar-refractivity contribution is -0.151. The van der Waals surface area contributed by atoms with Gasteiger partial charge in [0.05, 0.1) is 0 Å². The Hall–Kier alpha value is -1.79. The van der Waals surface area contributed by atoms with Gasteiger partial charge in [0.25, 0.3) is 0 Å². The first-order valence-corrected chi connectivity index (χ1v) is 8.80. The van der Waals surface area contributed by atoms with Gasteiger partial charge in [0, 0.05) is 6.54 Å². The Labute approximate surface area is 150 Å². The summed E-state index contributed by atoms with van der Waals surface area (Å²) in [5.41, 5.74) is -1.26. The summed E-state index contributed by atoms with van der Waals surface area (Å²) in [7, 11) is 0. The number of hydrogen-bond acceptors (Lipinski definition) is 4. The number of carbonyl (C=O) groups is 3. The maximum atomic E-state index is 13.1. The van der Waals surface area contributed by atoms with E-state index in [-0.39, 0.29) is 11.8 Å². The lowest BCUT2D eigenvalue weighted by Crippen LogP contribution is -2.57. The van der Waals surface area contributed by atoms with Crippen LogP contribution in [0.25, 0.3) is 0 Å². The fraction of sp³-hybridized carbons (Fsp3) is 0.833. The Balaban J connectivity index is 3.02. The predicted octanol–water partition coefficient (Wildman–Crippen LogP) is 2.64. The summed E-state index contributed by atoms with van der Waals surface area (Å²) in [4.78, 5) is 38.3. The summed E-state index contributed by atoms with van der Waals surface area (Å²) in [6.07, 6.45) is 0.669. The van der Waals surface area contributed by atoms with Crippen molar-refractivity contribution in [2.75, 3.05) is 6.54 Å². The molecule has 1 rings (SSSR count). The zero-order valence-corrected chi connectivity index (χ0v) is 16.4. The molecule has 0 bridgehead atoms. The first-order valence-electron chi connectivity index (χ1n) is 8.80. The maximum Gasteiger partial charge on any atom is 0.408 e. The molecule has 1 saturated heterocycles. The molecular formula is C18H32N2O5. The number of carboxylic acid groups (broad SMARTS) is 1. The maximum absolute atomic E-state index is 13.1. The topological polar surface area (TPSA) is 95.9 Å². The van der Waals surface area contributed by atoms with Gasteiger partial charge < -0.3 is 20.1 Å². The van der Waals surface area contributed by atoms with Gasteiger partial charge in [-0.25, -0.2) is 9.59 Å². The molecule has 0 unspecified atom stereocenters. The fourth-order valence-electron chi connectivity index (χ4n) is 3.11. The van der Waals surface area contributed by atoms with E-state index in [1.807, 2.05) is 27.7 Å². The van der Waals surface area contributed by atoms with E-state index in [9.17, 15) is 19.5 Å². The minimum absolute atomic E-state index is 0.0661. The normalized spacial score (nSPS) is 22.4. The first kappa shape index (κ1) is 21.3. The molecule has 7 heteroatoms. The Bertz CT molecular complexity index is 519. The van der Waals surface area contributed by atoms with Crippen molar-refractivity contribution < 1.29 is 24.2 Å². The molecule has 0 aliphatic carbocycles. The summed E-state index contributed by atoms with van der Waals surface area (Å²) in [5, 5.41) is 12.2. The van der Waals surface area contributed by atoms with Crippen LogP contribution in [-0.2, 0) is 14.3 Å². The summed E-state index contributed by atoms with van der Waals surface area (Å²) in [6.45, 7) is 13.0. The molecular weight excluding hydrogens is 324 g/mol. The average Bonchev–Trinajstić information content (AvgIpc) is 2.84. The van der Waals surface area contributed by atoms with Crippen LogP contribution in [0.3, 0.4) is 0 Å². The second-order valence-corrected chi connectivity index (χ2v) is 8.72. The van der Waals surface area contributed by atoms with Crippen molar-refractivity contribution in [1.82, 2.24) is 10.2 Å². The molecule has 25 heavy (non-hydrogen) atoms. The van der Waals surface area contributed by atoms with Gasteiger partial charge in [-0.3, -0.25) is 4.79 Å². The number of hydrogen-bond donors (Lipinski definition) is 2. The van der Waals surface area contributed by atoms with Gasteiger partial charge in [0.15, 0.2) is 0 Å². The van der Waals surface area contributed by atoms with Crippen LogP contribution in [0.15, 0.2) is 0 Å². The van der Waals surface area contributed by atoms with Crippen LogP contribution in [0.5, 0.6) is 0 Å². The van der Waals surface area contributed by atoms with Gasteiger partial charge in [-0.1, -0.05) is 34.1 Å². The van der Waals surface area contributed by atoms with Crippen LogP contribution in [-0.4, -0.2) is 52.2 Å². The molecule has 7 nitrogen and oxygen atoms in total. The zero-order valence-electron chi connectivity index (χ0n) is 16.4. The molecule has 2 amide bonds. The van der Waals surface area contributed by atoms with Crippen LogP contribution in [0, 0.1) is 11.3 Å². The van der Waals surface area contributed by atoms with Crippen LogP contribution in [0.1, 0.15) is 61.3 Å². The third-order valence-corrected chi connectivity index (χ3v) is 4.36. The highest BCUT2D eigenvalue weighted by Crippen LogP contribution is 2.30. The van der Waals surface area contributed by atoms with Gasteiger partial charge in [0.2, 0.25) is 5.91 Å². The number of rotatable bonds is 4. The number of carboxylic acids is 1. The molecule has 0 saturated carbocycles. The van der Waals surface area contributed by atoms with Crippen molar-refractivity contribution in [1.29, 1.82) is 0 Å². The van der Waals surface area contributed by atoms with E-state index < -0.39 is 35.2 Å². The highest BCUT2D eigenvalue weighted by atomic mass is 16.6. The van der Waals surface area contributed by atoms with Crippen molar-refractivity contribution in [3.05, 3.63) is 0 Å².